The molecule has 0 saturated heterocycles. The molecule has 0 radical (unpaired) electrons. The number of halogens is 2. The molecule has 0 fully saturated rings. The summed E-state index contributed by atoms with van der Waals surface area (Å²) in [6.07, 6.45) is 0.212. The molecule has 2 N–H and O–H groups in total. The predicted molar refractivity (Wildman–Crippen MR) is 123 cm³/mol. The van der Waals surface area contributed by atoms with E-state index in [0.29, 0.717) is 10.7 Å². The van der Waals surface area contributed by atoms with E-state index in [9.17, 15) is 13.2 Å². The average Bonchev–Trinajstić information content (AvgIpc) is 2.70. The molecule has 0 saturated carbocycles. The topological polar surface area (TPSA) is 75.3 Å². The van der Waals surface area contributed by atoms with Gasteiger partial charge in [0.25, 0.3) is 0 Å². The number of carbonyl (C=O) groups excluding carboxylic acids is 1. The summed E-state index contributed by atoms with van der Waals surface area (Å²) < 4.78 is 29.2. The molecule has 1 amide bonds. The maximum absolute atomic E-state index is 12.9. The van der Waals surface area contributed by atoms with E-state index >= 15 is 0 Å². The number of carbonyl (C=O) groups is 1. The van der Waals surface area contributed by atoms with Crippen LogP contribution >= 0.6 is 34.2 Å². The summed E-state index contributed by atoms with van der Waals surface area (Å²) in [4.78, 5) is 12.9. The van der Waals surface area contributed by atoms with E-state index in [-0.39, 0.29) is 11.3 Å². The number of rotatable bonds is 7. The second-order valence-corrected chi connectivity index (χ2v) is 9.71. The zero-order valence-electron chi connectivity index (χ0n) is 15.2. The van der Waals surface area contributed by atoms with Crippen molar-refractivity contribution in [3.8, 4) is 0 Å². The lowest BCUT2D eigenvalue weighted by Gasteiger charge is -2.19. The number of benzene rings is 3. The summed E-state index contributed by atoms with van der Waals surface area (Å²) in [5, 5.41) is 3.21. The first-order valence-corrected chi connectivity index (χ1v) is 11.7. The maximum Gasteiger partial charge on any atom is 0.242 e. The van der Waals surface area contributed by atoms with Gasteiger partial charge in [-0.25, -0.2) is 8.42 Å². The molecule has 8 heteroatoms. The summed E-state index contributed by atoms with van der Waals surface area (Å²) >= 11 is 8.02. The van der Waals surface area contributed by atoms with Crippen molar-refractivity contribution < 1.29 is 13.2 Å². The van der Waals surface area contributed by atoms with Gasteiger partial charge in [0.1, 0.15) is 6.04 Å². The molecule has 0 heterocycles. The average molecular weight is 541 g/mol. The minimum Gasteiger partial charge on any atom is -0.325 e. The first kappa shape index (κ1) is 21.8. The SMILES string of the molecule is O=C(Nc1ccc(I)cc1)[C@@H](Cc1ccccc1)NS(=O)(=O)c1ccc(Cl)cc1. The van der Waals surface area contributed by atoms with Crippen molar-refractivity contribution in [1.82, 2.24) is 4.72 Å². The second kappa shape index (κ2) is 9.71. The molecule has 3 aromatic carbocycles. The molecular formula is C21H18ClIN2O3S. The van der Waals surface area contributed by atoms with Crippen molar-refractivity contribution in [1.29, 1.82) is 0 Å². The lowest BCUT2D eigenvalue weighted by molar-refractivity contribution is -0.117. The highest BCUT2D eigenvalue weighted by atomic mass is 127. The number of anilines is 1. The molecule has 0 unspecified atom stereocenters. The minimum atomic E-state index is -3.91. The van der Waals surface area contributed by atoms with Gasteiger partial charge in [0.2, 0.25) is 15.9 Å². The third kappa shape index (κ3) is 6.27. The van der Waals surface area contributed by atoms with Crippen LogP contribution in [-0.2, 0) is 21.2 Å². The Hall–Kier alpha value is -1.94. The van der Waals surface area contributed by atoms with Crippen molar-refractivity contribution >= 4 is 55.8 Å². The Kier molecular flexibility index (Phi) is 7.28. The summed E-state index contributed by atoms with van der Waals surface area (Å²) in [6.45, 7) is 0. The fourth-order valence-electron chi connectivity index (χ4n) is 2.67. The highest BCUT2D eigenvalue weighted by molar-refractivity contribution is 14.1. The summed E-state index contributed by atoms with van der Waals surface area (Å²) in [6, 6.07) is 21.3. The first-order chi connectivity index (χ1) is 13.8. The van der Waals surface area contributed by atoms with E-state index in [2.05, 4.69) is 32.6 Å². The van der Waals surface area contributed by atoms with Crippen LogP contribution in [0.15, 0.2) is 83.8 Å². The van der Waals surface area contributed by atoms with Crippen LogP contribution < -0.4 is 10.0 Å². The van der Waals surface area contributed by atoms with Crippen molar-refractivity contribution in [3.05, 3.63) is 93.0 Å². The first-order valence-electron chi connectivity index (χ1n) is 8.72. The van der Waals surface area contributed by atoms with Crippen molar-refractivity contribution in [2.75, 3.05) is 5.32 Å². The van der Waals surface area contributed by atoms with Gasteiger partial charge in [-0.05, 0) is 83.1 Å². The zero-order chi connectivity index (χ0) is 20.9. The van der Waals surface area contributed by atoms with Gasteiger partial charge < -0.3 is 5.32 Å². The number of sulfonamides is 1. The summed E-state index contributed by atoms with van der Waals surface area (Å²) in [5.41, 5.74) is 1.44. The van der Waals surface area contributed by atoms with E-state index in [0.717, 1.165) is 9.13 Å². The quantitative estimate of drug-likeness (QED) is 0.434. The van der Waals surface area contributed by atoms with Gasteiger partial charge in [0.15, 0.2) is 0 Å². The molecule has 0 aromatic heterocycles. The largest absolute Gasteiger partial charge is 0.325 e. The Morgan fingerprint density at radius 2 is 1.55 bits per heavy atom. The number of hydrogen-bond donors (Lipinski definition) is 2. The van der Waals surface area contributed by atoms with E-state index in [1.165, 1.54) is 24.3 Å². The molecule has 3 rings (SSSR count). The Morgan fingerprint density at radius 1 is 0.931 bits per heavy atom. The third-order valence-electron chi connectivity index (χ3n) is 4.13. The van der Waals surface area contributed by atoms with Crippen molar-refractivity contribution in [3.63, 3.8) is 0 Å². The molecule has 0 aliphatic rings. The highest BCUT2D eigenvalue weighted by Gasteiger charge is 2.26. The molecule has 0 aliphatic heterocycles. The molecule has 0 aliphatic carbocycles. The van der Waals surface area contributed by atoms with E-state index in [4.69, 9.17) is 11.6 Å². The third-order valence-corrected chi connectivity index (χ3v) is 6.59. The number of hydrogen-bond acceptors (Lipinski definition) is 3. The van der Waals surface area contributed by atoms with Crippen LogP contribution in [0, 0.1) is 3.57 Å². The molecule has 3 aromatic rings. The van der Waals surface area contributed by atoms with Gasteiger partial charge in [-0.1, -0.05) is 41.9 Å². The standard InChI is InChI=1S/C21H18ClIN2O3S/c22-16-6-12-19(13-7-16)29(27,28)25-20(14-15-4-2-1-3-5-15)21(26)24-18-10-8-17(23)9-11-18/h1-13,20,25H,14H2,(H,24,26)/t20-/m1/s1. The van der Waals surface area contributed by atoms with Crippen LogP contribution in [0.4, 0.5) is 5.69 Å². The smallest absolute Gasteiger partial charge is 0.242 e. The summed E-state index contributed by atoms with van der Waals surface area (Å²) in [5.74, 6) is -0.437. The lowest BCUT2D eigenvalue weighted by Crippen LogP contribution is -2.45. The van der Waals surface area contributed by atoms with Crippen LogP contribution in [0.3, 0.4) is 0 Å². The maximum atomic E-state index is 12.9. The Labute approximate surface area is 188 Å². The van der Waals surface area contributed by atoms with E-state index in [1.54, 1.807) is 12.1 Å². The number of nitrogens with one attached hydrogen (secondary N) is 2. The van der Waals surface area contributed by atoms with Crippen LogP contribution in [-0.4, -0.2) is 20.4 Å². The van der Waals surface area contributed by atoms with Crippen molar-refractivity contribution in [2.24, 2.45) is 0 Å². The monoisotopic (exact) mass is 540 g/mol. The van der Waals surface area contributed by atoms with Crippen molar-refractivity contribution in [2.45, 2.75) is 17.4 Å². The van der Waals surface area contributed by atoms with Gasteiger partial charge in [-0.15, -0.1) is 0 Å². The van der Waals surface area contributed by atoms with Crippen LogP contribution in [0.25, 0.3) is 0 Å². The second-order valence-electron chi connectivity index (χ2n) is 6.31. The van der Waals surface area contributed by atoms with Crippen LogP contribution in [0.1, 0.15) is 5.56 Å². The predicted octanol–water partition coefficient (Wildman–Crippen LogP) is 4.47. The normalized spacial score (nSPS) is 12.3. The fourth-order valence-corrected chi connectivity index (χ4v) is 4.35. The van der Waals surface area contributed by atoms with Crippen LogP contribution in [0.5, 0.6) is 0 Å². The molecule has 5 nitrogen and oxygen atoms in total. The molecular weight excluding hydrogens is 523 g/mol. The highest BCUT2D eigenvalue weighted by Crippen LogP contribution is 2.17. The van der Waals surface area contributed by atoms with Gasteiger partial charge in [0.05, 0.1) is 4.90 Å². The Balaban J connectivity index is 1.84. The van der Waals surface area contributed by atoms with Gasteiger partial charge in [-0.3, -0.25) is 4.79 Å². The molecule has 0 spiro atoms. The summed E-state index contributed by atoms with van der Waals surface area (Å²) in [7, 11) is -3.91. The minimum absolute atomic E-state index is 0.0435. The Bertz CT molecular complexity index is 1070. The van der Waals surface area contributed by atoms with E-state index < -0.39 is 22.0 Å². The van der Waals surface area contributed by atoms with E-state index in [1.807, 2.05) is 42.5 Å². The molecule has 29 heavy (non-hydrogen) atoms. The van der Waals surface area contributed by atoms with Gasteiger partial charge in [0, 0.05) is 14.3 Å². The molecule has 0 bridgehead atoms. The molecule has 1 atom stereocenters. The van der Waals surface area contributed by atoms with Gasteiger partial charge >= 0.3 is 0 Å². The Morgan fingerprint density at radius 3 is 2.17 bits per heavy atom. The number of amides is 1. The fraction of sp³-hybridized carbons (Fsp3) is 0.0952. The zero-order valence-corrected chi connectivity index (χ0v) is 18.9. The molecule has 150 valence electrons. The lowest BCUT2D eigenvalue weighted by atomic mass is 10.1. The van der Waals surface area contributed by atoms with Crippen LogP contribution in [0.2, 0.25) is 5.02 Å². The van der Waals surface area contributed by atoms with Gasteiger partial charge in [-0.2, -0.15) is 4.72 Å².